The molecule has 1 heterocycles. The maximum absolute atomic E-state index is 12.0. The third kappa shape index (κ3) is 4.86. The predicted octanol–water partition coefficient (Wildman–Crippen LogP) is 4.51. The number of halogens is 1. The Morgan fingerprint density at radius 2 is 1.78 bits per heavy atom. The molecule has 3 aromatic rings. The van der Waals surface area contributed by atoms with Crippen molar-refractivity contribution in [3.05, 3.63) is 76.4 Å². The quantitative estimate of drug-likeness (QED) is 0.657. The van der Waals surface area contributed by atoms with Gasteiger partial charge in [-0.1, -0.05) is 41.0 Å². The molecule has 27 heavy (non-hydrogen) atoms. The molecule has 1 aromatic heterocycles. The van der Waals surface area contributed by atoms with Crippen molar-refractivity contribution in [2.45, 2.75) is 31.7 Å². The van der Waals surface area contributed by atoms with Crippen LogP contribution >= 0.6 is 11.6 Å². The van der Waals surface area contributed by atoms with E-state index in [9.17, 15) is 4.79 Å². The maximum Gasteiger partial charge on any atom is 0.319 e. The molecule has 1 fully saturated rings. The van der Waals surface area contributed by atoms with E-state index in [1.54, 1.807) is 12.1 Å². The summed E-state index contributed by atoms with van der Waals surface area (Å²) in [6, 6.07) is 14.7. The van der Waals surface area contributed by atoms with Crippen molar-refractivity contribution in [2.24, 2.45) is 0 Å². The van der Waals surface area contributed by atoms with Crippen molar-refractivity contribution >= 4 is 23.3 Å². The lowest BCUT2D eigenvalue weighted by Crippen LogP contribution is -2.28. The number of hydrogen-bond donors (Lipinski definition) is 2. The number of nitrogens with one attached hydrogen (secondary N) is 2. The van der Waals surface area contributed by atoms with Crippen LogP contribution in [0.2, 0.25) is 5.02 Å². The molecule has 0 unspecified atom stereocenters. The van der Waals surface area contributed by atoms with Crippen LogP contribution in [0.15, 0.2) is 53.1 Å². The molecular weight excluding hydrogens is 364 g/mol. The van der Waals surface area contributed by atoms with Crippen molar-refractivity contribution in [3.8, 4) is 0 Å². The third-order valence-electron chi connectivity index (χ3n) is 4.36. The van der Waals surface area contributed by atoms with Crippen LogP contribution in [-0.2, 0) is 13.0 Å². The van der Waals surface area contributed by atoms with Gasteiger partial charge in [-0.3, -0.25) is 0 Å². The number of anilines is 1. The standard InChI is InChI=1S/C20H19ClN4O2/c21-16-7-1-14(2-8-16)12-22-20(26)23-17-9-3-13(4-10-17)11-18-24-19(25-27-18)15-5-6-15/h1-4,7-10,15H,5-6,11-12H2,(H2,22,23,26). The van der Waals surface area contributed by atoms with E-state index in [4.69, 9.17) is 16.1 Å². The van der Waals surface area contributed by atoms with E-state index in [1.807, 2.05) is 36.4 Å². The number of carbonyl (C=O) groups excluding carboxylic acids is 1. The zero-order valence-corrected chi connectivity index (χ0v) is 15.4. The van der Waals surface area contributed by atoms with Gasteiger partial charge in [0, 0.05) is 23.2 Å². The second kappa shape index (κ2) is 7.80. The van der Waals surface area contributed by atoms with Crippen LogP contribution in [0, 0.1) is 0 Å². The number of amides is 2. The summed E-state index contributed by atoms with van der Waals surface area (Å²) in [4.78, 5) is 16.5. The van der Waals surface area contributed by atoms with Gasteiger partial charge in [-0.15, -0.1) is 0 Å². The molecule has 0 spiro atoms. The van der Waals surface area contributed by atoms with Gasteiger partial charge in [-0.25, -0.2) is 4.79 Å². The van der Waals surface area contributed by atoms with E-state index in [0.29, 0.717) is 29.8 Å². The van der Waals surface area contributed by atoms with Crippen molar-refractivity contribution < 1.29 is 9.32 Å². The normalized spacial score (nSPS) is 13.4. The van der Waals surface area contributed by atoms with Gasteiger partial charge in [0.05, 0.1) is 6.42 Å². The Morgan fingerprint density at radius 1 is 1.07 bits per heavy atom. The topological polar surface area (TPSA) is 80.0 Å². The van der Waals surface area contributed by atoms with Crippen LogP contribution < -0.4 is 10.6 Å². The van der Waals surface area contributed by atoms with E-state index in [0.717, 1.165) is 35.5 Å². The maximum atomic E-state index is 12.0. The molecule has 0 bridgehead atoms. The first-order valence-electron chi connectivity index (χ1n) is 8.86. The number of urea groups is 1. The highest BCUT2D eigenvalue weighted by molar-refractivity contribution is 6.30. The minimum Gasteiger partial charge on any atom is -0.339 e. The van der Waals surface area contributed by atoms with Crippen LogP contribution in [0.5, 0.6) is 0 Å². The summed E-state index contributed by atoms with van der Waals surface area (Å²) in [6.07, 6.45) is 2.89. The van der Waals surface area contributed by atoms with Gasteiger partial charge in [-0.05, 0) is 48.2 Å². The number of aromatic nitrogens is 2. The molecule has 0 radical (unpaired) electrons. The van der Waals surface area contributed by atoms with Gasteiger partial charge in [-0.2, -0.15) is 4.98 Å². The Labute approximate surface area is 161 Å². The second-order valence-corrected chi connectivity index (χ2v) is 7.06. The summed E-state index contributed by atoms with van der Waals surface area (Å²) in [7, 11) is 0. The molecule has 0 aliphatic heterocycles. The van der Waals surface area contributed by atoms with Gasteiger partial charge < -0.3 is 15.2 Å². The minimum absolute atomic E-state index is 0.260. The second-order valence-electron chi connectivity index (χ2n) is 6.63. The highest BCUT2D eigenvalue weighted by atomic mass is 35.5. The van der Waals surface area contributed by atoms with Crippen LogP contribution in [0.4, 0.5) is 10.5 Å². The molecule has 1 aliphatic rings. The predicted molar refractivity (Wildman–Crippen MR) is 103 cm³/mol. The molecule has 138 valence electrons. The fourth-order valence-electron chi connectivity index (χ4n) is 2.69. The molecule has 2 N–H and O–H groups in total. The molecule has 6 nitrogen and oxygen atoms in total. The van der Waals surface area contributed by atoms with Gasteiger partial charge in [0.1, 0.15) is 0 Å². The fourth-order valence-corrected chi connectivity index (χ4v) is 2.81. The molecule has 2 aromatic carbocycles. The van der Waals surface area contributed by atoms with Crippen molar-refractivity contribution in [3.63, 3.8) is 0 Å². The molecule has 0 atom stereocenters. The molecule has 0 saturated heterocycles. The van der Waals surface area contributed by atoms with E-state index in [2.05, 4.69) is 20.8 Å². The highest BCUT2D eigenvalue weighted by Crippen LogP contribution is 2.38. The fraction of sp³-hybridized carbons (Fsp3) is 0.250. The number of carbonyl (C=O) groups is 1. The first-order chi connectivity index (χ1) is 13.2. The lowest BCUT2D eigenvalue weighted by atomic mass is 10.1. The van der Waals surface area contributed by atoms with E-state index in [1.165, 1.54) is 0 Å². The average molecular weight is 383 g/mol. The Kier molecular flexibility index (Phi) is 5.07. The Balaban J connectivity index is 1.27. The Morgan fingerprint density at radius 3 is 2.48 bits per heavy atom. The largest absolute Gasteiger partial charge is 0.339 e. The minimum atomic E-state index is -0.260. The zero-order valence-electron chi connectivity index (χ0n) is 14.6. The molecule has 1 saturated carbocycles. The smallest absolute Gasteiger partial charge is 0.319 e. The molecule has 4 rings (SSSR count). The molecule has 1 aliphatic carbocycles. The van der Waals surface area contributed by atoms with Gasteiger partial charge >= 0.3 is 6.03 Å². The monoisotopic (exact) mass is 382 g/mol. The van der Waals surface area contributed by atoms with Crippen LogP contribution in [0.25, 0.3) is 0 Å². The Bertz CT molecular complexity index is 918. The average Bonchev–Trinajstić information content (AvgIpc) is 3.42. The number of hydrogen-bond acceptors (Lipinski definition) is 4. The Hall–Kier alpha value is -2.86. The number of benzene rings is 2. The summed E-state index contributed by atoms with van der Waals surface area (Å²) in [6.45, 7) is 0.432. The highest BCUT2D eigenvalue weighted by Gasteiger charge is 2.28. The van der Waals surface area contributed by atoms with E-state index >= 15 is 0 Å². The first-order valence-corrected chi connectivity index (χ1v) is 9.24. The lowest BCUT2D eigenvalue weighted by Gasteiger charge is -2.08. The van der Waals surface area contributed by atoms with Crippen molar-refractivity contribution in [1.29, 1.82) is 0 Å². The first kappa shape index (κ1) is 17.5. The lowest BCUT2D eigenvalue weighted by molar-refractivity contribution is 0.251. The van der Waals surface area contributed by atoms with E-state index < -0.39 is 0 Å². The zero-order chi connectivity index (χ0) is 18.6. The molecule has 7 heteroatoms. The van der Waals surface area contributed by atoms with Crippen LogP contribution in [0.1, 0.15) is 41.6 Å². The SMILES string of the molecule is O=C(NCc1ccc(Cl)cc1)Nc1ccc(Cc2nc(C3CC3)no2)cc1. The number of rotatable bonds is 6. The van der Waals surface area contributed by atoms with Crippen LogP contribution in [-0.4, -0.2) is 16.2 Å². The summed E-state index contributed by atoms with van der Waals surface area (Å²) in [5, 5.41) is 10.3. The summed E-state index contributed by atoms with van der Waals surface area (Å²) < 4.78 is 5.30. The van der Waals surface area contributed by atoms with E-state index in [-0.39, 0.29) is 6.03 Å². The van der Waals surface area contributed by atoms with Crippen LogP contribution in [0.3, 0.4) is 0 Å². The summed E-state index contributed by atoms with van der Waals surface area (Å²) in [5.41, 5.74) is 2.75. The van der Waals surface area contributed by atoms with Gasteiger partial charge in [0.2, 0.25) is 5.89 Å². The van der Waals surface area contributed by atoms with Gasteiger partial charge in [0.15, 0.2) is 5.82 Å². The number of nitrogens with zero attached hydrogens (tertiary/aromatic N) is 2. The summed E-state index contributed by atoms with van der Waals surface area (Å²) in [5.74, 6) is 1.93. The van der Waals surface area contributed by atoms with Gasteiger partial charge in [0.25, 0.3) is 0 Å². The molecular formula is C20H19ClN4O2. The third-order valence-corrected chi connectivity index (χ3v) is 4.61. The van der Waals surface area contributed by atoms with Crippen molar-refractivity contribution in [2.75, 3.05) is 5.32 Å². The summed E-state index contributed by atoms with van der Waals surface area (Å²) >= 11 is 5.85. The van der Waals surface area contributed by atoms with Crippen molar-refractivity contribution in [1.82, 2.24) is 15.5 Å². The molecule has 2 amide bonds.